The monoisotopic (exact) mass is 410 g/mol. The zero-order valence-corrected chi connectivity index (χ0v) is 15.5. The van der Waals surface area contributed by atoms with E-state index in [1.165, 1.54) is 12.1 Å². The van der Waals surface area contributed by atoms with Crippen LogP contribution in [0.4, 0.5) is 8.78 Å². The van der Waals surface area contributed by atoms with Gasteiger partial charge in [0.1, 0.15) is 11.9 Å². The first kappa shape index (κ1) is 19.2. The maximum Gasteiger partial charge on any atom is 0.326 e. The molecule has 0 saturated carbocycles. The topological polar surface area (TPSA) is 71.7 Å². The highest BCUT2D eigenvalue weighted by Gasteiger charge is 2.24. The predicted molar refractivity (Wildman–Crippen MR) is 98.0 cm³/mol. The molecule has 2 aromatic carbocycles. The summed E-state index contributed by atoms with van der Waals surface area (Å²) < 4.78 is 29.3. The third-order valence-electron chi connectivity index (χ3n) is 3.89. The molecule has 1 heterocycles. The molecule has 0 saturated heterocycles. The van der Waals surface area contributed by atoms with Crippen LogP contribution in [0, 0.1) is 11.6 Å². The number of aliphatic carboxylic acids is 1. The number of carboxylic acid groups (broad SMARTS) is 1. The van der Waals surface area contributed by atoms with E-state index >= 15 is 0 Å². The van der Waals surface area contributed by atoms with E-state index in [0.29, 0.717) is 11.1 Å². The first-order chi connectivity index (χ1) is 12.8. The quantitative estimate of drug-likeness (QED) is 0.692. The van der Waals surface area contributed by atoms with E-state index in [2.05, 4.69) is 4.99 Å². The van der Waals surface area contributed by atoms with Crippen molar-refractivity contribution in [3.63, 3.8) is 0 Å². The van der Waals surface area contributed by atoms with Crippen molar-refractivity contribution in [2.24, 2.45) is 4.99 Å². The summed E-state index contributed by atoms with van der Waals surface area (Å²) in [7, 11) is 0. The SMILES string of the molecule is CCC(C(=O)O)n1/c(=N/C(=O)c2cccc(Cl)c2)sc2cc(F)cc(F)c21. The fourth-order valence-corrected chi connectivity index (χ4v) is 4.00. The van der Waals surface area contributed by atoms with E-state index in [1.54, 1.807) is 19.1 Å². The van der Waals surface area contributed by atoms with Gasteiger partial charge in [-0.25, -0.2) is 13.6 Å². The van der Waals surface area contributed by atoms with Gasteiger partial charge in [-0.05, 0) is 30.7 Å². The van der Waals surface area contributed by atoms with Crippen molar-refractivity contribution in [2.75, 3.05) is 0 Å². The van der Waals surface area contributed by atoms with E-state index < -0.39 is 29.6 Å². The van der Waals surface area contributed by atoms with Crippen LogP contribution in [0.5, 0.6) is 0 Å². The minimum atomic E-state index is -1.21. The van der Waals surface area contributed by atoms with E-state index in [1.807, 2.05) is 0 Å². The van der Waals surface area contributed by atoms with Gasteiger partial charge in [0.2, 0.25) is 0 Å². The Morgan fingerprint density at radius 2 is 2.04 bits per heavy atom. The highest BCUT2D eigenvalue weighted by Crippen LogP contribution is 2.26. The molecule has 3 aromatic rings. The molecule has 1 atom stereocenters. The molecule has 0 radical (unpaired) electrons. The van der Waals surface area contributed by atoms with Crippen molar-refractivity contribution in [1.29, 1.82) is 0 Å². The molecule has 5 nitrogen and oxygen atoms in total. The smallest absolute Gasteiger partial charge is 0.326 e. The Kier molecular flexibility index (Phi) is 5.38. The summed E-state index contributed by atoms with van der Waals surface area (Å²) >= 11 is 6.71. The van der Waals surface area contributed by atoms with Gasteiger partial charge >= 0.3 is 5.97 Å². The molecule has 140 valence electrons. The van der Waals surface area contributed by atoms with Crippen molar-refractivity contribution in [3.8, 4) is 0 Å². The van der Waals surface area contributed by atoms with Crippen LogP contribution in [-0.2, 0) is 4.79 Å². The molecular formula is C18H13ClF2N2O3S. The highest BCUT2D eigenvalue weighted by molar-refractivity contribution is 7.16. The number of benzene rings is 2. The average Bonchev–Trinajstić information content (AvgIpc) is 2.93. The number of halogens is 3. The zero-order chi connectivity index (χ0) is 19.7. The molecule has 0 spiro atoms. The van der Waals surface area contributed by atoms with Gasteiger partial charge in [0.15, 0.2) is 10.6 Å². The van der Waals surface area contributed by atoms with Crippen molar-refractivity contribution in [3.05, 3.63) is 63.4 Å². The Labute approximate surface area is 161 Å². The Balaban J connectivity index is 2.30. The summed E-state index contributed by atoms with van der Waals surface area (Å²) in [6.45, 7) is 1.61. The van der Waals surface area contributed by atoms with Crippen LogP contribution in [0.25, 0.3) is 10.2 Å². The number of amides is 1. The third-order valence-corrected chi connectivity index (χ3v) is 5.13. The highest BCUT2D eigenvalue weighted by atomic mass is 35.5. The lowest BCUT2D eigenvalue weighted by Gasteiger charge is -2.13. The van der Waals surface area contributed by atoms with Crippen molar-refractivity contribution in [2.45, 2.75) is 19.4 Å². The first-order valence-corrected chi connectivity index (χ1v) is 9.08. The minimum Gasteiger partial charge on any atom is -0.480 e. The second-order valence-electron chi connectivity index (χ2n) is 5.68. The third kappa shape index (κ3) is 3.77. The number of hydrogen-bond acceptors (Lipinski definition) is 3. The molecule has 0 aliphatic heterocycles. The molecule has 9 heteroatoms. The van der Waals surface area contributed by atoms with Gasteiger partial charge < -0.3 is 5.11 Å². The van der Waals surface area contributed by atoms with Gasteiger partial charge in [-0.1, -0.05) is 35.9 Å². The molecule has 0 fully saturated rings. The molecule has 3 rings (SSSR count). The van der Waals surface area contributed by atoms with Gasteiger partial charge in [0, 0.05) is 16.7 Å². The van der Waals surface area contributed by atoms with Crippen LogP contribution in [0.15, 0.2) is 41.4 Å². The molecule has 0 bridgehead atoms. The maximum absolute atomic E-state index is 14.4. The number of carbonyl (C=O) groups excluding carboxylic acids is 1. The second-order valence-corrected chi connectivity index (χ2v) is 7.12. The Bertz CT molecular complexity index is 1120. The second kappa shape index (κ2) is 7.58. The van der Waals surface area contributed by atoms with Gasteiger partial charge in [-0.2, -0.15) is 4.99 Å². The van der Waals surface area contributed by atoms with Crippen molar-refractivity contribution < 1.29 is 23.5 Å². The molecular weight excluding hydrogens is 398 g/mol. The summed E-state index contributed by atoms with van der Waals surface area (Å²) in [5.41, 5.74) is 0.0924. The number of carboxylic acids is 1. The van der Waals surface area contributed by atoms with Gasteiger partial charge in [0.05, 0.1) is 10.2 Å². The van der Waals surface area contributed by atoms with E-state index in [0.717, 1.165) is 22.0 Å². The van der Waals surface area contributed by atoms with Crippen LogP contribution in [0.1, 0.15) is 29.7 Å². The number of nitrogens with zero attached hydrogens (tertiary/aromatic N) is 2. The van der Waals surface area contributed by atoms with Crippen molar-refractivity contribution in [1.82, 2.24) is 4.57 Å². The number of aromatic nitrogens is 1. The van der Waals surface area contributed by atoms with Crippen LogP contribution in [-0.4, -0.2) is 21.6 Å². The van der Waals surface area contributed by atoms with Crippen LogP contribution in [0.2, 0.25) is 5.02 Å². The fourth-order valence-electron chi connectivity index (χ4n) is 2.70. The van der Waals surface area contributed by atoms with Gasteiger partial charge in [0.25, 0.3) is 5.91 Å². The summed E-state index contributed by atoms with van der Waals surface area (Å²) in [4.78, 5) is 28.1. The average molecular weight is 411 g/mol. The molecule has 1 unspecified atom stereocenters. The standard InChI is InChI=1S/C18H13ClF2N2O3S/c1-2-13(17(25)26)23-15-12(21)7-11(20)8-14(15)27-18(23)22-16(24)9-4-3-5-10(19)6-9/h3-8,13H,2H2,1H3,(H,25,26)/b22-18-. The maximum atomic E-state index is 14.4. The lowest BCUT2D eigenvalue weighted by molar-refractivity contribution is -0.140. The Morgan fingerprint density at radius 3 is 2.67 bits per heavy atom. The fraction of sp³-hybridized carbons (Fsp3) is 0.167. The number of fused-ring (bicyclic) bond motifs is 1. The molecule has 1 aromatic heterocycles. The van der Waals surface area contributed by atoms with E-state index in [4.69, 9.17) is 11.6 Å². The number of rotatable bonds is 4. The Hall–Kier alpha value is -2.58. The number of hydrogen-bond donors (Lipinski definition) is 1. The van der Waals surface area contributed by atoms with Crippen LogP contribution < -0.4 is 4.80 Å². The number of carbonyl (C=O) groups is 2. The summed E-state index contributed by atoms with van der Waals surface area (Å²) in [6.07, 6.45) is 0.122. The largest absolute Gasteiger partial charge is 0.480 e. The summed E-state index contributed by atoms with van der Waals surface area (Å²) in [5.74, 6) is -3.60. The first-order valence-electron chi connectivity index (χ1n) is 7.89. The van der Waals surface area contributed by atoms with Gasteiger partial charge in [-0.3, -0.25) is 9.36 Å². The Morgan fingerprint density at radius 1 is 1.30 bits per heavy atom. The molecule has 1 N–H and O–H groups in total. The van der Waals surface area contributed by atoms with E-state index in [9.17, 15) is 23.5 Å². The predicted octanol–water partition coefficient (Wildman–Crippen LogP) is 4.41. The van der Waals surface area contributed by atoms with Gasteiger partial charge in [-0.15, -0.1) is 0 Å². The molecule has 0 aliphatic carbocycles. The van der Waals surface area contributed by atoms with E-state index in [-0.39, 0.29) is 27.0 Å². The van der Waals surface area contributed by atoms with Crippen LogP contribution >= 0.6 is 22.9 Å². The lowest BCUT2D eigenvalue weighted by atomic mass is 10.2. The normalized spacial score (nSPS) is 13.1. The lowest BCUT2D eigenvalue weighted by Crippen LogP contribution is -2.27. The minimum absolute atomic E-state index is 0.0336. The molecule has 0 aliphatic rings. The number of thiazole rings is 1. The zero-order valence-electron chi connectivity index (χ0n) is 13.9. The summed E-state index contributed by atoms with van der Waals surface area (Å²) in [5, 5.41) is 9.84. The van der Waals surface area contributed by atoms with Crippen molar-refractivity contribution >= 4 is 45.0 Å². The summed E-state index contributed by atoms with van der Waals surface area (Å²) in [6, 6.07) is 6.67. The molecule has 27 heavy (non-hydrogen) atoms. The van der Waals surface area contributed by atoms with Crippen LogP contribution in [0.3, 0.4) is 0 Å². The molecule has 1 amide bonds.